The molecule has 0 bridgehead atoms. The molecule has 0 amide bonds. The molecule has 1 N–H and O–H groups in total. The van der Waals surface area contributed by atoms with E-state index in [4.69, 9.17) is 9.47 Å². The molecule has 118 valence electrons. The van der Waals surface area contributed by atoms with Gasteiger partial charge in [-0.05, 0) is 58.2 Å². The van der Waals surface area contributed by atoms with Gasteiger partial charge in [0.1, 0.15) is 6.61 Å². The van der Waals surface area contributed by atoms with E-state index in [1.165, 1.54) is 0 Å². The zero-order chi connectivity index (χ0) is 15.5. The minimum Gasteiger partial charge on any atom is -0.493 e. The highest BCUT2D eigenvalue weighted by molar-refractivity contribution is 5.55. The standard InChI is InChI=1S/C17H28N2O2/c1-5-7-15-8-9-16(17(14-15)20-4)21-13-11-18-10-6-12-19(2)3/h5,7-9,14,18H,6,10-13H2,1-4H3. The van der Waals surface area contributed by atoms with E-state index in [-0.39, 0.29) is 0 Å². The molecule has 1 rings (SSSR count). The number of allylic oxidation sites excluding steroid dienone is 1. The first-order valence-electron chi connectivity index (χ1n) is 7.46. The summed E-state index contributed by atoms with van der Waals surface area (Å²) in [5.74, 6) is 1.57. The number of ether oxygens (including phenoxy) is 2. The Labute approximate surface area is 128 Å². The number of hydrogen-bond acceptors (Lipinski definition) is 4. The molecule has 0 radical (unpaired) electrons. The average molecular weight is 292 g/mol. The normalized spacial score (nSPS) is 11.3. The second-order valence-electron chi connectivity index (χ2n) is 5.17. The lowest BCUT2D eigenvalue weighted by atomic mass is 10.2. The first-order chi connectivity index (χ1) is 10.2. The highest BCUT2D eigenvalue weighted by Gasteiger charge is 2.04. The van der Waals surface area contributed by atoms with Crippen LogP contribution in [0.3, 0.4) is 0 Å². The second-order valence-corrected chi connectivity index (χ2v) is 5.17. The zero-order valence-electron chi connectivity index (χ0n) is 13.7. The van der Waals surface area contributed by atoms with Gasteiger partial charge in [-0.15, -0.1) is 0 Å². The van der Waals surface area contributed by atoms with E-state index >= 15 is 0 Å². The van der Waals surface area contributed by atoms with Crippen molar-refractivity contribution in [3.05, 3.63) is 29.8 Å². The van der Waals surface area contributed by atoms with Crippen LogP contribution in [0, 0.1) is 0 Å². The van der Waals surface area contributed by atoms with Gasteiger partial charge >= 0.3 is 0 Å². The van der Waals surface area contributed by atoms with E-state index in [2.05, 4.69) is 24.3 Å². The third kappa shape index (κ3) is 7.16. The molecule has 0 heterocycles. The summed E-state index contributed by atoms with van der Waals surface area (Å²) in [5.41, 5.74) is 1.11. The highest BCUT2D eigenvalue weighted by Crippen LogP contribution is 2.28. The van der Waals surface area contributed by atoms with Gasteiger partial charge in [-0.25, -0.2) is 0 Å². The molecule has 0 saturated carbocycles. The average Bonchev–Trinajstić information content (AvgIpc) is 2.47. The van der Waals surface area contributed by atoms with Crippen LogP contribution in [0.4, 0.5) is 0 Å². The molecule has 1 aromatic carbocycles. The molecule has 0 aliphatic carbocycles. The molecule has 0 aliphatic heterocycles. The van der Waals surface area contributed by atoms with Crippen molar-refractivity contribution >= 4 is 6.08 Å². The molecule has 0 aliphatic rings. The molecule has 0 atom stereocenters. The van der Waals surface area contributed by atoms with Crippen LogP contribution in [0.15, 0.2) is 24.3 Å². The predicted molar refractivity (Wildman–Crippen MR) is 89.2 cm³/mol. The van der Waals surface area contributed by atoms with Crippen molar-refractivity contribution in [3.8, 4) is 11.5 Å². The molecule has 0 spiro atoms. The Morgan fingerprint density at radius 3 is 2.67 bits per heavy atom. The molecule has 1 aromatic rings. The summed E-state index contributed by atoms with van der Waals surface area (Å²) in [6.45, 7) is 5.60. The lowest BCUT2D eigenvalue weighted by Gasteiger charge is -2.12. The maximum atomic E-state index is 5.77. The smallest absolute Gasteiger partial charge is 0.161 e. The van der Waals surface area contributed by atoms with Crippen LogP contribution in [-0.4, -0.2) is 52.3 Å². The fourth-order valence-corrected chi connectivity index (χ4v) is 1.98. The van der Waals surface area contributed by atoms with Crippen LogP contribution in [0.25, 0.3) is 6.08 Å². The van der Waals surface area contributed by atoms with Crippen molar-refractivity contribution in [1.29, 1.82) is 0 Å². The van der Waals surface area contributed by atoms with Crippen LogP contribution in [-0.2, 0) is 0 Å². The van der Waals surface area contributed by atoms with E-state index in [0.717, 1.165) is 43.1 Å². The van der Waals surface area contributed by atoms with Crippen LogP contribution < -0.4 is 14.8 Å². The SMILES string of the molecule is CC=Cc1ccc(OCCNCCCN(C)C)c(OC)c1. The number of nitrogens with zero attached hydrogens (tertiary/aromatic N) is 1. The van der Waals surface area contributed by atoms with Gasteiger partial charge in [0.2, 0.25) is 0 Å². The number of nitrogens with one attached hydrogen (secondary N) is 1. The molecule has 0 aromatic heterocycles. The summed E-state index contributed by atoms with van der Waals surface area (Å²) in [4.78, 5) is 2.19. The van der Waals surface area contributed by atoms with Crippen LogP contribution in [0.2, 0.25) is 0 Å². The fraction of sp³-hybridized carbons (Fsp3) is 0.529. The van der Waals surface area contributed by atoms with Gasteiger partial charge in [-0.3, -0.25) is 0 Å². The molecule has 0 fully saturated rings. The van der Waals surface area contributed by atoms with Crippen molar-refractivity contribution < 1.29 is 9.47 Å². The number of methoxy groups -OCH3 is 1. The van der Waals surface area contributed by atoms with E-state index < -0.39 is 0 Å². The summed E-state index contributed by atoms with van der Waals surface area (Å²) >= 11 is 0. The van der Waals surface area contributed by atoms with Gasteiger partial charge in [-0.2, -0.15) is 0 Å². The minimum atomic E-state index is 0.640. The summed E-state index contributed by atoms with van der Waals surface area (Å²) in [7, 11) is 5.85. The molecule has 0 unspecified atom stereocenters. The number of hydrogen-bond donors (Lipinski definition) is 1. The Morgan fingerprint density at radius 2 is 2.00 bits per heavy atom. The molecule has 0 saturated heterocycles. The summed E-state index contributed by atoms with van der Waals surface area (Å²) in [6, 6.07) is 5.97. The van der Waals surface area contributed by atoms with E-state index in [0.29, 0.717) is 6.61 Å². The Morgan fingerprint density at radius 1 is 1.19 bits per heavy atom. The third-order valence-corrected chi connectivity index (χ3v) is 3.04. The van der Waals surface area contributed by atoms with Gasteiger partial charge in [0, 0.05) is 6.54 Å². The molecule has 4 heteroatoms. The van der Waals surface area contributed by atoms with Crippen molar-refractivity contribution in [3.63, 3.8) is 0 Å². The quantitative estimate of drug-likeness (QED) is 0.672. The molecular weight excluding hydrogens is 264 g/mol. The van der Waals surface area contributed by atoms with Crippen molar-refractivity contribution in [1.82, 2.24) is 10.2 Å². The van der Waals surface area contributed by atoms with E-state index in [9.17, 15) is 0 Å². The lowest BCUT2D eigenvalue weighted by molar-refractivity contribution is 0.291. The Balaban J connectivity index is 2.31. The molecular formula is C17H28N2O2. The minimum absolute atomic E-state index is 0.640. The maximum absolute atomic E-state index is 5.77. The van der Waals surface area contributed by atoms with Gasteiger partial charge in [0.05, 0.1) is 7.11 Å². The Bertz CT molecular complexity index is 431. The maximum Gasteiger partial charge on any atom is 0.161 e. The molecule has 4 nitrogen and oxygen atoms in total. The largest absolute Gasteiger partial charge is 0.493 e. The lowest BCUT2D eigenvalue weighted by Crippen LogP contribution is -2.25. The van der Waals surface area contributed by atoms with Gasteiger partial charge in [-0.1, -0.05) is 18.2 Å². The van der Waals surface area contributed by atoms with Gasteiger partial charge < -0.3 is 19.7 Å². The topological polar surface area (TPSA) is 33.7 Å². The zero-order valence-corrected chi connectivity index (χ0v) is 13.7. The van der Waals surface area contributed by atoms with Gasteiger partial charge in [0.25, 0.3) is 0 Å². The van der Waals surface area contributed by atoms with Crippen LogP contribution in [0.5, 0.6) is 11.5 Å². The van der Waals surface area contributed by atoms with Crippen molar-refractivity contribution in [2.75, 3.05) is 47.4 Å². The van der Waals surface area contributed by atoms with Crippen LogP contribution in [0.1, 0.15) is 18.9 Å². The monoisotopic (exact) mass is 292 g/mol. The highest BCUT2D eigenvalue weighted by atomic mass is 16.5. The molecule has 21 heavy (non-hydrogen) atoms. The second kappa shape index (κ2) is 10.2. The predicted octanol–water partition coefficient (Wildman–Crippen LogP) is 2.65. The van der Waals surface area contributed by atoms with Gasteiger partial charge in [0.15, 0.2) is 11.5 Å². The van der Waals surface area contributed by atoms with Crippen molar-refractivity contribution in [2.24, 2.45) is 0 Å². The summed E-state index contributed by atoms with van der Waals surface area (Å²) < 4.78 is 11.1. The summed E-state index contributed by atoms with van der Waals surface area (Å²) in [5, 5.41) is 3.38. The van der Waals surface area contributed by atoms with Crippen LogP contribution >= 0.6 is 0 Å². The first-order valence-corrected chi connectivity index (χ1v) is 7.46. The number of benzene rings is 1. The summed E-state index contributed by atoms with van der Waals surface area (Å²) in [6.07, 6.45) is 5.19. The first kappa shape index (κ1) is 17.5. The Hall–Kier alpha value is -1.52. The fourth-order valence-electron chi connectivity index (χ4n) is 1.98. The van der Waals surface area contributed by atoms with Crippen molar-refractivity contribution in [2.45, 2.75) is 13.3 Å². The number of rotatable bonds is 10. The third-order valence-electron chi connectivity index (χ3n) is 3.04. The van der Waals surface area contributed by atoms with E-state index in [1.54, 1.807) is 7.11 Å². The van der Waals surface area contributed by atoms with E-state index in [1.807, 2.05) is 37.3 Å². The Kier molecular flexibility index (Phi) is 8.55.